The molecule has 0 unspecified atom stereocenters. The van der Waals surface area contributed by atoms with Crippen molar-refractivity contribution in [2.75, 3.05) is 0 Å². The van der Waals surface area contributed by atoms with E-state index < -0.39 is 11.2 Å². The summed E-state index contributed by atoms with van der Waals surface area (Å²) < 4.78 is 0. The zero-order valence-corrected chi connectivity index (χ0v) is 10.8. The van der Waals surface area contributed by atoms with Gasteiger partial charge in [0.05, 0.1) is 11.2 Å². The minimum absolute atomic E-state index is 0.851. The zero-order chi connectivity index (χ0) is 12.6. The van der Waals surface area contributed by atoms with E-state index >= 15 is 0 Å². The van der Waals surface area contributed by atoms with Crippen molar-refractivity contribution in [3.63, 3.8) is 0 Å². The second-order valence-corrected chi connectivity index (χ2v) is 5.39. The Kier molecular flexibility index (Phi) is 3.46. The lowest BCUT2D eigenvalue weighted by Crippen LogP contribution is -2.20. The summed E-state index contributed by atoms with van der Waals surface area (Å²) in [6, 6.07) is 5.86. The van der Waals surface area contributed by atoms with Crippen LogP contribution >= 0.6 is 0 Å². The second-order valence-electron chi connectivity index (χ2n) is 5.39. The van der Waals surface area contributed by atoms with Gasteiger partial charge in [-0.05, 0) is 50.8 Å². The average molecular weight is 222 g/mol. The van der Waals surface area contributed by atoms with Crippen LogP contribution in [0, 0.1) is 0 Å². The molecule has 0 aliphatic heterocycles. The van der Waals surface area contributed by atoms with Crippen LogP contribution in [0.4, 0.5) is 0 Å². The first kappa shape index (κ1) is 13.2. The number of hydrogen-bond donors (Lipinski definition) is 2. The van der Waals surface area contributed by atoms with Crippen LogP contribution in [0.1, 0.15) is 51.3 Å². The van der Waals surface area contributed by atoms with E-state index in [9.17, 15) is 10.2 Å². The predicted octanol–water partition coefficient (Wildman–Crippen LogP) is 2.70. The summed E-state index contributed by atoms with van der Waals surface area (Å²) in [7, 11) is 0. The van der Waals surface area contributed by atoms with Gasteiger partial charge >= 0.3 is 0 Å². The van der Waals surface area contributed by atoms with Gasteiger partial charge in [-0.25, -0.2) is 0 Å². The van der Waals surface area contributed by atoms with Gasteiger partial charge in [-0.3, -0.25) is 0 Å². The van der Waals surface area contributed by atoms with E-state index in [0.29, 0.717) is 0 Å². The molecule has 0 aromatic heterocycles. The van der Waals surface area contributed by atoms with Crippen molar-refractivity contribution in [1.29, 1.82) is 0 Å². The van der Waals surface area contributed by atoms with E-state index in [4.69, 9.17) is 0 Å². The van der Waals surface area contributed by atoms with Crippen molar-refractivity contribution in [2.45, 2.75) is 52.2 Å². The maximum absolute atomic E-state index is 10.0. The molecule has 0 heterocycles. The lowest BCUT2D eigenvalue weighted by Gasteiger charge is -2.24. The van der Waals surface area contributed by atoms with Gasteiger partial charge in [0.15, 0.2) is 0 Å². The molecule has 2 heteroatoms. The molecule has 1 aromatic rings. The molecule has 0 aliphatic carbocycles. The zero-order valence-electron chi connectivity index (χ0n) is 10.8. The summed E-state index contributed by atoms with van der Waals surface area (Å²) in [6.07, 6.45) is 0.896. The SMILES string of the molecule is CCc1cc(C(C)(C)O)cc(C(C)(C)O)c1. The van der Waals surface area contributed by atoms with Gasteiger partial charge in [0.1, 0.15) is 0 Å². The molecule has 1 rings (SSSR count). The Morgan fingerprint density at radius 1 is 0.875 bits per heavy atom. The quantitative estimate of drug-likeness (QED) is 0.825. The minimum Gasteiger partial charge on any atom is -0.386 e. The van der Waals surface area contributed by atoms with Crippen LogP contribution in [0.15, 0.2) is 18.2 Å². The molecule has 0 radical (unpaired) electrons. The molecule has 0 aliphatic rings. The van der Waals surface area contributed by atoms with Gasteiger partial charge in [0, 0.05) is 0 Å². The Morgan fingerprint density at radius 3 is 1.50 bits per heavy atom. The summed E-state index contributed by atoms with van der Waals surface area (Å²) in [5, 5.41) is 20.0. The van der Waals surface area contributed by atoms with Gasteiger partial charge in [-0.15, -0.1) is 0 Å². The number of rotatable bonds is 3. The molecule has 2 nitrogen and oxygen atoms in total. The number of benzene rings is 1. The highest BCUT2D eigenvalue weighted by Gasteiger charge is 2.22. The Hall–Kier alpha value is -0.860. The average Bonchev–Trinajstić information content (AvgIpc) is 2.14. The maximum atomic E-state index is 10.0. The third kappa shape index (κ3) is 3.06. The van der Waals surface area contributed by atoms with Gasteiger partial charge < -0.3 is 10.2 Å². The number of aliphatic hydroxyl groups is 2. The molecular formula is C14H22O2. The topological polar surface area (TPSA) is 40.5 Å². The normalized spacial score (nSPS) is 12.9. The van der Waals surface area contributed by atoms with Crippen LogP contribution in [-0.2, 0) is 17.6 Å². The smallest absolute Gasteiger partial charge is 0.0840 e. The maximum Gasteiger partial charge on any atom is 0.0840 e. The molecule has 0 spiro atoms. The second kappa shape index (κ2) is 4.19. The molecule has 0 atom stereocenters. The summed E-state index contributed by atoms with van der Waals surface area (Å²) in [5.74, 6) is 0. The molecule has 0 amide bonds. The third-order valence-corrected chi connectivity index (χ3v) is 2.81. The van der Waals surface area contributed by atoms with Crippen molar-refractivity contribution in [2.24, 2.45) is 0 Å². The van der Waals surface area contributed by atoms with Gasteiger partial charge in [-0.2, -0.15) is 0 Å². The molecule has 0 saturated heterocycles. The van der Waals surface area contributed by atoms with Crippen molar-refractivity contribution >= 4 is 0 Å². The number of aryl methyl sites for hydroxylation is 1. The molecule has 0 bridgehead atoms. The van der Waals surface area contributed by atoms with Crippen molar-refractivity contribution in [3.8, 4) is 0 Å². The Morgan fingerprint density at radius 2 is 1.25 bits per heavy atom. The molecule has 2 N–H and O–H groups in total. The number of hydrogen-bond acceptors (Lipinski definition) is 2. The van der Waals surface area contributed by atoms with E-state index in [2.05, 4.69) is 6.92 Å². The van der Waals surface area contributed by atoms with Gasteiger partial charge in [0.2, 0.25) is 0 Å². The predicted molar refractivity (Wildman–Crippen MR) is 66.3 cm³/mol. The van der Waals surface area contributed by atoms with E-state index in [1.807, 2.05) is 18.2 Å². The first-order chi connectivity index (χ1) is 7.14. The Bertz CT molecular complexity index is 335. The molecule has 1 aromatic carbocycles. The minimum atomic E-state index is -0.870. The van der Waals surface area contributed by atoms with E-state index in [1.165, 1.54) is 0 Å². The van der Waals surface area contributed by atoms with Crippen molar-refractivity contribution < 1.29 is 10.2 Å². The van der Waals surface area contributed by atoms with Crippen LogP contribution in [0.25, 0.3) is 0 Å². The summed E-state index contributed by atoms with van der Waals surface area (Å²) in [4.78, 5) is 0. The van der Waals surface area contributed by atoms with Crippen molar-refractivity contribution in [1.82, 2.24) is 0 Å². The van der Waals surface area contributed by atoms with Crippen LogP contribution in [0.2, 0.25) is 0 Å². The fourth-order valence-electron chi connectivity index (χ4n) is 1.60. The standard InChI is InChI=1S/C14H22O2/c1-6-10-7-11(13(2,3)15)9-12(8-10)14(4,5)16/h7-9,15-16H,6H2,1-5H3. The highest BCUT2D eigenvalue weighted by molar-refractivity contribution is 5.35. The molecule has 0 saturated carbocycles. The van der Waals surface area contributed by atoms with Crippen LogP contribution < -0.4 is 0 Å². The molecular weight excluding hydrogens is 200 g/mol. The fourth-order valence-corrected chi connectivity index (χ4v) is 1.60. The van der Waals surface area contributed by atoms with Crippen molar-refractivity contribution in [3.05, 3.63) is 34.9 Å². The van der Waals surface area contributed by atoms with E-state index in [-0.39, 0.29) is 0 Å². The van der Waals surface area contributed by atoms with E-state index in [1.54, 1.807) is 27.7 Å². The highest BCUT2D eigenvalue weighted by Crippen LogP contribution is 2.28. The van der Waals surface area contributed by atoms with Gasteiger partial charge in [0.25, 0.3) is 0 Å². The van der Waals surface area contributed by atoms with Crippen LogP contribution in [0.5, 0.6) is 0 Å². The van der Waals surface area contributed by atoms with E-state index in [0.717, 1.165) is 23.1 Å². The fraction of sp³-hybridized carbons (Fsp3) is 0.571. The Balaban J connectivity index is 3.33. The summed E-state index contributed by atoms with van der Waals surface area (Å²) >= 11 is 0. The first-order valence-corrected chi connectivity index (χ1v) is 5.74. The lowest BCUT2D eigenvalue weighted by molar-refractivity contribution is 0.0716. The summed E-state index contributed by atoms with van der Waals surface area (Å²) in [6.45, 7) is 9.11. The first-order valence-electron chi connectivity index (χ1n) is 5.74. The van der Waals surface area contributed by atoms with Crippen LogP contribution in [0.3, 0.4) is 0 Å². The van der Waals surface area contributed by atoms with Gasteiger partial charge in [-0.1, -0.05) is 25.1 Å². The molecule has 90 valence electrons. The highest BCUT2D eigenvalue weighted by atomic mass is 16.3. The lowest BCUT2D eigenvalue weighted by atomic mass is 9.88. The third-order valence-electron chi connectivity index (χ3n) is 2.81. The summed E-state index contributed by atoms with van der Waals surface area (Å²) in [5.41, 5.74) is 1.10. The molecule has 0 fully saturated rings. The molecule has 16 heavy (non-hydrogen) atoms. The monoisotopic (exact) mass is 222 g/mol. The van der Waals surface area contributed by atoms with Crippen LogP contribution in [-0.4, -0.2) is 10.2 Å². The largest absolute Gasteiger partial charge is 0.386 e. The Labute approximate surface area is 97.9 Å².